The average molecular weight is 218 g/mol. The smallest absolute Gasteiger partial charge is 0.128 e. The number of anilines is 1. The molecule has 86 valence electrons. The largest absolute Gasteiger partial charge is 0.368 e. The molecule has 0 N–H and O–H groups in total. The molecule has 2 aliphatic rings. The highest BCUT2D eigenvalue weighted by atomic mass is 16.6. The van der Waals surface area contributed by atoms with Crippen LogP contribution in [-0.4, -0.2) is 23.7 Å². The van der Waals surface area contributed by atoms with Gasteiger partial charge >= 0.3 is 0 Å². The molecule has 2 fully saturated rings. The third kappa shape index (κ3) is 1.69. The Morgan fingerprint density at radius 3 is 2.44 bits per heavy atom. The van der Waals surface area contributed by atoms with Crippen LogP contribution in [0.4, 0.5) is 5.82 Å². The third-order valence-corrected chi connectivity index (χ3v) is 3.69. The highest BCUT2D eigenvalue weighted by molar-refractivity contribution is 5.43. The summed E-state index contributed by atoms with van der Waals surface area (Å²) in [6.07, 6.45) is 4.83. The average Bonchev–Trinajstić information content (AvgIpc) is 3.07. The zero-order chi connectivity index (χ0) is 11.1. The van der Waals surface area contributed by atoms with Gasteiger partial charge in [0.2, 0.25) is 0 Å². The minimum absolute atomic E-state index is 0.315. The molecule has 3 heterocycles. The molecule has 2 aliphatic heterocycles. The van der Waals surface area contributed by atoms with Crippen LogP contribution >= 0.6 is 0 Å². The first-order chi connectivity index (χ1) is 7.75. The van der Waals surface area contributed by atoms with Crippen LogP contribution in [0.25, 0.3) is 0 Å². The predicted octanol–water partition coefficient (Wildman–Crippen LogP) is 2.53. The Bertz CT molecular complexity index is 362. The minimum Gasteiger partial charge on any atom is -0.368 e. The van der Waals surface area contributed by atoms with Gasteiger partial charge in [0.25, 0.3) is 0 Å². The standard InChI is InChI=1S/C13H18N2O/c1-9-3-4-10(2)15(9)13-6-5-11(7-14-13)12-8-16-12/h5-7,9-10,12H,3-4,8H2,1-2H3/t9?,10?,12-/m1/s1. The quantitative estimate of drug-likeness (QED) is 0.714. The molecule has 0 bridgehead atoms. The normalized spacial score (nSPS) is 33.1. The van der Waals surface area contributed by atoms with Crippen LogP contribution in [0.15, 0.2) is 18.3 Å². The van der Waals surface area contributed by atoms with Crippen molar-refractivity contribution in [1.29, 1.82) is 0 Å². The van der Waals surface area contributed by atoms with Gasteiger partial charge in [-0.05, 0) is 32.8 Å². The molecule has 1 aromatic heterocycles. The van der Waals surface area contributed by atoms with E-state index in [2.05, 4.69) is 35.9 Å². The summed E-state index contributed by atoms with van der Waals surface area (Å²) in [5.74, 6) is 1.11. The summed E-state index contributed by atoms with van der Waals surface area (Å²) in [6.45, 7) is 5.42. The van der Waals surface area contributed by atoms with Gasteiger partial charge in [0.1, 0.15) is 11.9 Å². The van der Waals surface area contributed by atoms with Crippen LogP contribution in [-0.2, 0) is 4.74 Å². The number of ether oxygens (including phenoxy) is 1. The number of hydrogen-bond acceptors (Lipinski definition) is 3. The van der Waals surface area contributed by atoms with Crippen LogP contribution in [0.3, 0.4) is 0 Å². The third-order valence-electron chi connectivity index (χ3n) is 3.69. The van der Waals surface area contributed by atoms with Crippen LogP contribution in [0.5, 0.6) is 0 Å². The van der Waals surface area contributed by atoms with E-state index >= 15 is 0 Å². The van der Waals surface area contributed by atoms with Crippen molar-refractivity contribution in [3.8, 4) is 0 Å². The molecule has 2 unspecified atom stereocenters. The molecule has 3 nitrogen and oxygen atoms in total. The van der Waals surface area contributed by atoms with E-state index in [0.29, 0.717) is 18.2 Å². The molecule has 0 spiro atoms. The summed E-state index contributed by atoms with van der Waals surface area (Å²) in [6, 6.07) is 5.52. The fourth-order valence-electron chi connectivity index (χ4n) is 2.63. The number of nitrogens with zero attached hydrogens (tertiary/aromatic N) is 2. The van der Waals surface area contributed by atoms with E-state index in [1.807, 2.05) is 6.20 Å². The van der Waals surface area contributed by atoms with E-state index in [-0.39, 0.29) is 0 Å². The maximum absolute atomic E-state index is 5.25. The lowest BCUT2D eigenvalue weighted by molar-refractivity contribution is 0.415. The summed E-state index contributed by atoms with van der Waals surface area (Å²) >= 11 is 0. The van der Waals surface area contributed by atoms with Gasteiger partial charge in [0.05, 0.1) is 6.61 Å². The van der Waals surface area contributed by atoms with E-state index in [0.717, 1.165) is 12.4 Å². The first-order valence-electron chi connectivity index (χ1n) is 6.11. The van der Waals surface area contributed by atoms with Gasteiger partial charge < -0.3 is 9.64 Å². The van der Waals surface area contributed by atoms with Crippen LogP contribution in [0, 0.1) is 0 Å². The Hall–Kier alpha value is -1.09. The highest BCUT2D eigenvalue weighted by Gasteiger charge is 2.29. The second-order valence-electron chi connectivity index (χ2n) is 4.95. The molecule has 0 radical (unpaired) electrons. The summed E-state index contributed by atoms with van der Waals surface area (Å²) in [7, 11) is 0. The Morgan fingerprint density at radius 2 is 1.94 bits per heavy atom. The SMILES string of the molecule is CC1CCC(C)N1c1ccc([C@H]2CO2)cn1. The molecule has 3 atom stereocenters. The monoisotopic (exact) mass is 218 g/mol. The van der Waals surface area contributed by atoms with Gasteiger partial charge in [0.15, 0.2) is 0 Å². The molecular weight excluding hydrogens is 200 g/mol. The topological polar surface area (TPSA) is 28.7 Å². The molecular formula is C13H18N2O. The summed E-state index contributed by atoms with van der Waals surface area (Å²) in [4.78, 5) is 7.00. The van der Waals surface area contributed by atoms with Gasteiger partial charge in [-0.1, -0.05) is 6.07 Å². The fourth-order valence-corrected chi connectivity index (χ4v) is 2.63. The molecule has 3 heteroatoms. The first-order valence-corrected chi connectivity index (χ1v) is 6.11. The highest BCUT2D eigenvalue weighted by Crippen LogP contribution is 2.32. The Labute approximate surface area is 96.4 Å². The zero-order valence-corrected chi connectivity index (χ0v) is 9.89. The first kappa shape index (κ1) is 10.1. The number of rotatable bonds is 2. The summed E-state index contributed by atoms with van der Waals surface area (Å²) < 4.78 is 5.25. The van der Waals surface area contributed by atoms with Gasteiger partial charge in [-0.2, -0.15) is 0 Å². The van der Waals surface area contributed by atoms with Crippen molar-refractivity contribution in [3.05, 3.63) is 23.9 Å². The molecule has 2 saturated heterocycles. The fraction of sp³-hybridized carbons (Fsp3) is 0.615. The summed E-state index contributed by atoms with van der Waals surface area (Å²) in [5, 5.41) is 0. The Morgan fingerprint density at radius 1 is 1.25 bits per heavy atom. The van der Waals surface area contributed by atoms with Crippen molar-refractivity contribution >= 4 is 5.82 Å². The van der Waals surface area contributed by atoms with Crippen molar-refractivity contribution in [2.24, 2.45) is 0 Å². The van der Waals surface area contributed by atoms with E-state index in [1.165, 1.54) is 18.4 Å². The van der Waals surface area contributed by atoms with Crippen molar-refractivity contribution in [2.75, 3.05) is 11.5 Å². The number of hydrogen-bond donors (Lipinski definition) is 0. The van der Waals surface area contributed by atoms with Gasteiger partial charge in [-0.3, -0.25) is 0 Å². The second kappa shape index (κ2) is 3.74. The molecule has 0 aliphatic carbocycles. The van der Waals surface area contributed by atoms with Crippen molar-refractivity contribution < 1.29 is 4.74 Å². The van der Waals surface area contributed by atoms with Gasteiger partial charge in [0, 0.05) is 23.8 Å². The van der Waals surface area contributed by atoms with E-state index < -0.39 is 0 Å². The van der Waals surface area contributed by atoms with Crippen molar-refractivity contribution in [3.63, 3.8) is 0 Å². The van der Waals surface area contributed by atoms with Crippen LogP contribution in [0.2, 0.25) is 0 Å². The lowest BCUT2D eigenvalue weighted by atomic mass is 10.2. The maximum atomic E-state index is 5.25. The predicted molar refractivity (Wildman–Crippen MR) is 63.6 cm³/mol. The van der Waals surface area contributed by atoms with E-state index in [4.69, 9.17) is 4.74 Å². The minimum atomic E-state index is 0.315. The number of epoxide rings is 1. The van der Waals surface area contributed by atoms with E-state index in [9.17, 15) is 0 Å². The summed E-state index contributed by atoms with van der Waals surface area (Å²) in [5.41, 5.74) is 1.21. The molecule has 16 heavy (non-hydrogen) atoms. The number of pyridine rings is 1. The molecule has 0 amide bonds. The Balaban J connectivity index is 1.82. The second-order valence-corrected chi connectivity index (χ2v) is 4.95. The lowest BCUT2D eigenvalue weighted by Gasteiger charge is -2.27. The van der Waals surface area contributed by atoms with Gasteiger partial charge in [-0.25, -0.2) is 4.98 Å². The molecule has 1 aromatic rings. The lowest BCUT2D eigenvalue weighted by Crippen LogP contribution is -2.33. The van der Waals surface area contributed by atoms with Crippen LogP contribution in [0.1, 0.15) is 38.4 Å². The molecule has 0 saturated carbocycles. The number of aromatic nitrogens is 1. The van der Waals surface area contributed by atoms with Gasteiger partial charge in [-0.15, -0.1) is 0 Å². The molecule has 0 aromatic carbocycles. The van der Waals surface area contributed by atoms with Crippen LogP contribution < -0.4 is 4.90 Å². The van der Waals surface area contributed by atoms with Crippen molar-refractivity contribution in [1.82, 2.24) is 4.98 Å². The Kier molecular flexibility index (Phi) is 2.36. The maximum Gasteiger partial charge on any atom is 0.128 e. The van der Waals surface area contributed by atoms with Crippen molar-refractivity contribution in [2.45, 2.75) is 44.9 Å². The zero-order valence-electron chi connectivity index (χ0n) is 9.89. The molecule has 3 rings (SSSR count). The van der Waals surface area contributed by atoms with E-state index in [1.54, 1.807) is 0 Å².